The molecule has 0 spiro atoms. The Morgan fingerprint density at radius 2 is 1.18 bits per heavy atom. The highest BCUT2D eigenvalue weighted by Crippen LogP contribution is 2.30. The van der Waals surface area contributed by atoms with Crippen molar-refractivity contribution in [2.45, 2.75) is 13.8 Å². The van der Waals surface area contributed by atoms with Crippen LogP contribution in [0.3, 0.4) is 0 Å². The zero-order valence-corrected chi connectivity index (χ0v) is 20.2. The number of phenols is 2. The second-order valence-corrected chi connectivity index (χ2v) is 10.5. The predicted octanol–water partition coefficient (Wildman–Crippen LogP) is 7.12. The van der Waals surface area contributed by atoms with Gasteiger partial charge in [0.1, 0.15) is 11.5 Å². The Morgan fingerprint density at radius 3 is 1.58 bits per heavy atom. The zero-order valence-electron chi connectivity index (χ0n) is 18.6. The molecule has 0 aliphatic rings. The molecule has 0 saturated carbocycles. The number of rotatable bonds is 8. The van der Waals surface area contributed by atoms with E-state index >= 15 is 0 Å². The normalized spacial score (nSPS) is 12.2. The van der Waals surface area contributed by atoms with E-state index in [-0.39, 0.29) is 16.9 Å². The Morgan fingerprint density at radius 1 is 0.727 bits per heavy atom. The van der Waals surface area contributed by atoms with E-state index in [1.165, 1.54) is 0 Å². The first kappa shape index (κ1) is 23.0. The van der Waals surface area contributed by atoms with Crippen LogP contribution in [0.25, 0.3) is 20.9 Å². The van der Waals surface area contributed by atoms with Crippen LogP contribution in [0.15, 0.2) is 81.4 Å². The Bertz CT molecular complexity index is 1160. The number of hydrogen-bond acceptors (Lipinski definition) is 6. The van der Waals surface area contributed by atoms with Gasteiger partial charge in [0.2, 0.25) is 0 Å². The van der Waals surface area contributed by atoms with Crippen molar-refractivity contribution in [2.24, 2.45) is 15.4 Å². The average Bonchev–Trinajstić information content (AvgIpc) is 3.51. The molecule has 0 amide bonds. The summed E-state index contributed by atoms with van der Waals surface area (Å²) in [7, 11) is 0. The lowest BCUT2D eigenvalue weighted by Crippen LogP contribution is -2.19. The molecule has 0 aliphatic carbocycles. The van der Waals surface area contributed by atoms with Gasteiger partial charge in [0.05, 0.1) is 0 Å². The lowest BCUT2D eigenvalue weighted by Gasteiger charge is -2.19. The van der Waals surface area contributed by atoms with Crippen molar-refractivity contribution in [3.05, 3.63) is 82.6 Å². The minimum absolute atomic E-state index is 0.172. The monoisotopic (exact) mass is 474 g/mol. The number of thiophene rings is 2. The number of phenolic OH excluding ortho intramolecular Hbond substituents is 2. The largest absolute Gasteiger partial charge is 0.507 e. The lowest BCUT2D eigenvalue weighted by molar-refractivity contribution is 0.396. The van der Waals surface area contributed by atoms with Gasteiger partial charge in [0.15, 0.2) is 0 Å². The molecule has 0 aliphatic heterocycles. The molecule has 4 rings (SSSR count). The molecule has 2 aromatic heterocycles. The SMILES string of the molecule is CC(C)(C/N=C/c1cc(-c2cccs2)ccc1O)C/N=C/c1cc(-c2cccs2)ccc1O. The van der Waals surface area contributed by atoms with Crippen molar-refractivity contribution in [3.8, 4) is 32.4 Å². The van der Waals surface area contributed by atoms with Gasteiger partial charge < -0.3 is 10.2 Å². The number of aliphatic imine (C=N–C) groups is 2. The van der Waals surface area contributed by atoms with Crippen molar-refractivity contribution < 1.29 is 10.2 Å². The molecule has 4 aromatic rings. The molecular weight excluding hydrogens is 448 g/mol. The van der Waals surface area contributed by atoms with Crippen LogP contribution >= 0.6 is 22.7 Å². The van der Waals surface area contributed by atoms with E-state index in [0.717, 1.165) is 20.9 Å². The van der Waals surface area contributed by atoms with Crippen LogP contribution in [-0.2, 0) is 0 Å². The van der Waals surface area contributed by atoms with Crippen LogP contribution in [0.4, 0.5) is 0 Å². The summed E-state index contributed by atoms with van der Waals surface area (Å²) in [6, 6.07) is 19.3. The van der Waals surface area contributed by atoms with E-state index in [4.69, 9.17) is 0 Å². The van der Waals surface area contributed by atoms with E-state index in [1.54, 1.807) is 47.2 Å². The first-order valence-electron chi connectivity index (χ1n) is 10.6. The maximum absolute atomic E-state index is 10.2. The first-order chi connectivity index (χ1) is 15.9. The van der Waals surface area contributed by atoms with Crippen LogP contribution in [0.1, 0.15) is 25.0 Å². The summed E-state index contributed by atoms with van der Waals surface area (Å²) < 4.78 is 0. The minimum Gasteiger partial charge on any atom is -0.507 e. The molecule has 0 bridgehead atoms. The van der Waals surface area contributed by atoms with Gasteiger partial charge in [-0.3, -0.25) is 9.98 Å². The highest BCUT2D eigenvalue weighted by Gasteiger charge is 2.16. The third-order valence-electron chi connectivity index (χ3n) is 5.17. The Labute approximate surface area is 202 Å². The molecule has 2 N–H and O–H groups in total. The van der Waals surface area contributed by atoms with E-state index in [2.05, 4.69) is 36.0 Å². The molecule has 0 saturated heterocycles. The smallest absolute Gasteiger partial charge is 0.124 e. The van der Waals surface area contributed by atoms with E-state index < -0.39 is 0 Å². The summed E-state index contributed by atoms with van der Waals surface area (Å²) in [4.78, 5) is 11.5. The Balaban J connectivity index is 1.40. The quantitative estimate of drug-likeness (QED) is 0.267. The molecular formula is C27H26N2O2S2. The summed E-state index contributed by atoms with van der Waals surface area (Å²) >= 11 is 3.34. The van der Waals surface area contributed by atoms with Gasteiger partial charge in [-0.25, -0.2) is 0 Å². The highest BCUT2D eigenvalue weighted by molar-refractivity contribution is 7.13. The number of benzene rings is 2. The molecule has 6 heteroatoms. The third-order valence-corrected chi connectivity index (χ3v) is 7.00. The molecule has 0 atom stereocenters. The molecule has 0 unspecified atom stereocenters. The summed E-state index contributed by atoms with van der Waals surface area (Å²) in [6.07, 6.45) is 3.46. The van der Waals surface area contributed by atoms with Crippen molar-refractivity contribution in [3.63, 3.8) is 0 Å². The van der Waals surface area contributed by atoms with Gasteiger partial charge >= 0.3 is 0 Å². The molecule has 0 radical (unpaired) electrons. The maximum Gasteiger partial charge on any atom is 0.124 e. The van der Waals surface area contributed by atoms with Crippen LogP contribution in [0.2, 0.25) is 0 Å². The topological polar surface area (TPSA) is 65.2 Å². The predicted molar refractivity (Wildman–Crippen MR) is 142 cm³/mol. The van der Waals surface area contributed by atoms with Crippen LogP contribution in [0.5, 0.6) is 11.5 Å². The Kier molecular flexibility index (Phi) is 7.06. The lowest BCUT2D eigenvalue weighted by atomic mass is 9.94. The first-order valence-corrected chi connectivity index (χ1v) is 12.4. The van der Waals surface area contributed by atoms with Crippen molar-refractivity contribution in [1.29, 1.82) is 0 Å². The fourth-order valence-electron chi connectivity index (χ4n) is 3.34. The van der Waals surface area contributed by atoms with Crippen molar-refractivity contribution >= 4 is 35.1 Å². The molecule has 0 fully saturated rings. The fourth-order valence-corrected chi connectivity index (χ4v) is 4.79. The van der Waals surface area contributed by atoms with Crippen molar-refractivity contribution in [1.82, 2.24) is 0 Å². The molecule has 2 heterocycles. The van der Waals surface area contributed by atoms with Gasteiger partial charge in [-0.1, -0.05) is 26.0 Å². The van der Waals surface area contributed by atoms with Gasteiger partial charge in [0, 0.05) is 51.8 Å². The van der Waals surface area contributed by atoms with Crippen LogP contribution in [0, 0.1) is 5.41 Å². The van der Waals surface area contributed by atoms with Gasteiger partial charge in [-0.2, -0.15) is 0 Å². The second kappa shape index (κ2) is 10.1. The van der Waals surface area contributed by atoms with E-state index in [0.29, 0.717) is 24.2 Å². The summed E-state index contributed by atoms with van der Waals surface area (Å²) in [5, 5.41) is 24.5. The summed E-state index contributed by atoms with van der Waals surface area (Å²) in [6.45, 7) is 5.33. The van der Waals surface area contributed by atoms with Crippen LogP contribution < -0.4 is 0 Å². The third kappa shape index (κ3) is 5.97. The molecule has 4 nitrogen and oxygen atoms in total. The zero-order chi connectivity index (χ0) is 23.3. The maximum atomic E-state index is 10.2. The molecule has 2 aromatic carbocycles. The highest BCUT2D eigenvalue weighted by atomic mass is 32.1. The van der Waals surface area contributed by atoms with Gasteiger partial charge in [0.25, 0.3) is 0 Å². The molecule has 33 heavy (non-hydrogen) atoms. The number of aromatic hydroxyl groups is 2. The summed E-state index contributed by atoms with van der Waals surface area (Å²) in [5.74, 6) is 0.437. The number of nitrogens with zero attached hydrogens (tertiary/aromatic N) is 2. The fraction of sp³-hybridized carbons (Fsp3) is 0.185. The average molecular weight is 475 g/mol. The second-order valence-electron chi connectivity index (χ2n) is 8.61. The van der Waals surface area contributed by atoms with Crippen molar-refractivity contribution in [2.75, 3.05) is 13.1 Å². The van der Waals surface area contributed by atoms with E-state index in [9.17, 15) is 10.2 Å². The molecule has 168 valence electrons. The van der Waals surface area contributed by atoms with Crippen LogP contribution in [-0.4, -0.2) is 35.7 Å². The standard InChI is InChI=1S/C27H26N2O2S2/c1-27(2,17-28-15-21-13-19(7-9-23(21)30)25-5-3-11-32-25)18-29-16-22-14-20(8-10-24(22)31)26-6-4-12-33-26/h3-16,30-31H,17-18H2,1-2H3/b28-15+,29-16+. The van der Waals surface area contributed by atoms with E-state index in [1.807, 2.05) is 47.2 Å². The van der Waals surface area contributed by atoms with Gasteiger partial charge in [-0.15, -0.1) is 22.7 Å². The van der Waals surface area contributed by atoms with Gasteiger partial charge in [-0.05, 0) is 70.4 Å². The number of hydrogen-bond donors (Lipinski definition) is 2. The minimum atomic E-state index is -0.172. The summed E-state index contributed by atoms with van der Waals surface area (Å²) in [5.41, 5.74) is 3.37. The Hall–Kier alpha value is -3.22.